The molecule has 100 valence electrons. The van der Waals surface area contributed by atoms with Crippen molar-refractivity contribution in [3.8, 4) is 0 Å². The summed E-state index contributed by atoms with van der Waals surface area (Å²) < 4.78 is 0. The predicted molar refractivity (Wildman–Crippen MR) is 84.6 cm³/mol. The second kappa shape index (κ2) is 6.77. The van der Waals surface area contributed by atoms with Crippen molar-refractivity contribution in [3.05, 3.63) is 34.9 Å². The molecule has 1 aromatic carbocycles. The highest BCUT2D eigenvalue weighted by Gasteiger charge is 2.26. The van der Waals surface area contributed by atoms with Gasteiger partial charge < -0.3 is 0 Å². The fourth-order valence-electron chi connectivity index (χ4n) is 3.61. The summed E-state index contributed by atoms with van der Waals surface area (Å²) in [7, 11) is 0.181. The van der Waals surface area contributed by atoms with Gasteiger partial charge in [-0.25, -0.2) is 0 Å². The highest BCUT2D eigenvalue weighted by molar-refractivity contribution is 6.35. The lowest BCUT2D eigenvalue weighted by molar-refractivity contribution is 0.307. The first-order valence-electron chi connectivity index (χ1n) is 7.50. The topological polar surface area (TPSA) is 0 Å². The quantitative estimate of drug-likeness (QED) is 0.679. The Balaban J connectivity index is 1.92. The van der Waals surface area contributed by atoms with Gasteiger partial charge in [-0.05, 0) is 60.8 Å². The van der Waals surface area contributed by atoms with Crippen LogP contribution < -0.4 is 0 Å². The maximum atomic E-state index is 5.96. The number of rotatable bonds is 4. The van der Waals surface area contributed by atoms with E-state index in [-0.39, 0.29) is 9.52 Å². The van der Waals surface area contributed by atoms with E-state index in [1.807, 2.05) is 12.1 Å². The van der Waals surface area contributed by atoms with Gasteiger partial charge in [-0.1, -0.05) is 43.6 Å². The smallest absolute Gasteiger partial charge is 0.0406 e. The first-order valence-corrected chi connectivity index (χ1v) is 10.1. The molecule has 1 aliphatic carbocycles. The third-order valence-corrected chi connectivity index (χ3v) is 7.37. The van der Waals surface area contributed by atoms with Crippen LogP contribution in [0.15, 0.2) is 24.3 Å². The zero-order chi connectivity index (χ0) is 13.0. The molecular weight excluding hydrogens is 256 g/mol. The molecule has 18 heavy (non-hydrogen) atoms. The average molecular weight is 281 g/mol. The van der Waals surface area contributed by atoms with Gasteiger partial charge in [-0.3, -0.25) is 0 Å². The molecule has 0 aromatic heterocycles. The van der Waals surface area contributed by atoms with E-state index in [1.54, 1.807) is 0 Å². The van der Waals surface area contributed by atoms with Gasteiger partial charge in [0, 0.05) is 14.5 Å². The van der Waals surface area contributed by atoms with Gasteiger partial charge >= 0.3 is 0 Å². The van der Waals surface area contributed by atoms with Crippen molar-refractivity contribution in [3.63, 3.8) is 0 Å². The first kappa shape index (κ1) is 14.1. The highest BCUT2D eigenvalue weighted by atomic mass is 35.5. The Labute approximate surface area is 119 Å². The first-order chi connectivity index (χ1) is 8.74. The second-order valence-corrected chi connectivity index (χ2v) is 8.04. The standard InChI is InChI=1S/C16H25ClSi/c1-3-16(18-2)14-6-4-12(5-7-14)13-8-10-15(17)11-9-13/h8-12,14,16H,3-7,18H2,1-2H3. The zero-order valence-electron chi connectivity index (χ0n) is 11.7. The van der Waals surface area contributed by atoms with E-state index >= 15 is 0 Å². The summed E-state index contributed by atoms with van der Waals surface area (Å²) in [5, 5.41) is 0.857. The Hall–Kier alpha value is -0.273. The number of hydrogen-bond donors (Lipinski definition) is 0. The van der Waals surface area contributed by atoms with Crippen LogP contribution in [0.1, 0.15) is 50.5 Å². The van der Waals surface area contributed by atoms with Crippen molar-refractivity contribution < 1.29 is 0 Å². The molecule has 2 heteroatoms. The molecule has 1 aromatic rings. The Bertz CT molecular complexity index is 348. The van der Waals surface area contributed by atoms with Crippen LogP contribution in [0.4, 0.5) is 0 Å². The van der Waals surface area contributed by atoms with Crippen LogP contribution in [0.2, 0.25) is 17.1 Å². The zero-order valence-corrected chi connectivity index (χ0v) is 13.8. The van der Waals surface area contributed by atoms with Gasteiger partial charge in [0.15, 0.2) is 0 Å². The van der Waals surface area contributed by atoms with Crippen LogP contribution in [0, 0.1) is 5.92 Å². The largest absolute Gasteiger partial charge is 0.0843 e. The Kier molecular flexibility index (Phi) is 5.32. The Morgan fingerprint density at radius 3 is 2.28 bits per heavy atom. The van der Waals surface area contributed by atoms with Gasteiger partial charge in [0.2, 0.25) is 0 Å². The molecular formula is C16H25ClSi. The van der Waals surface area contributed by atoms with Crippen molar-refractivity contribution in [2.24, 2.45) is 5.92 Å². The number of halogens is 1. The van der Waals surface area contributed by atoms with E-state index in [2.05, 4.69) is 25.6 Å². The lowest BCUT2D eigenvalue weighted by Crippen LogP contribution is -2.20. The van der Waals surface area contributed by atoms with Gasteiger partial charge in [-0.15, -0.1) is 0 Å². The molecule has 0 bridgehead atoms. The van der Waals surface area contributed by atoms with Gasteiger partial charge in [0.25, 0.3) is 0 Å². The van der Waals surface area contributed by atoms with Crippen LogP contribution in [-0.2, 0) is 0 Å². The highest BCUT2D eigenvalue weighted by Crippen LogP contribution is 2.41. The Morgan fingerprint density at radius 1 is 1.17 bits per heavy atom. The molecule has 1 atom stereocenters. The van der Waals surface area contributed by atoms with Crippen LogP contribution >= 0.6 is 11.6 Å². The number of benzene rings is 1. The lowest BCUT2D eigenvalue weighted by atomic mass is 9.77. The van der Waals surface area contributed by atoms with Crippen molar-refractivity contribution in [1.82, 2.24) is 0 Å². The fourth-order valence-corrected chi connectivity index (χ4v) is 5.46. The summed E-state index contributed by atoms with van der Waals surface area (Å²) in [5.74, 6) is 1.82. The summed E-state index contributed by atoms with van der Waals surface area (Å²) >= 11 is 5.96. The molecule has 1 fully saturated rings. The molecule has 0 saturated heterocycles. The van der Waals surface area contributed by atoms with E-state index < -0.39 is 0 Å². The van der Waals surface area contributed by atoms with Crippen LogP contribution in [0.25, 0.3) is 0 Å². The molecule has 1 saturated carbocycles. The fraction of sp³-hybridized carbons (Fsp3) is 0.625. The molecule has 1 unspecified atom stereocenters. The average Bonchev–Trinajstić information content (AvgIpc) is 2.42. The van der Waals surface area contributed by atoms with E-state index in [0.717, 1.165) is 22.4 Å². The van der Waals surface area contributed by atoms with Gasteiger partial charge in [0.1, 0.15) is 0 Å². The minimum absolute atomic E-state index is 0.181. The van der Waals surface area contributed by atoms with Crippen LogP contribution in [0.5, 0.6) is 0 Å². The molecule has 0 aliphatic heterocycles. The molecule has 0 nitrogen and oxygen atoms in total. The summed E-state index contributed by atoms with van der Waals surface area (Å²) in [6, 6.07) is 8.52. The summed E-state index contributed by atoms with van der Waals surface area (Å²) in [6.07, 6.45) is 7.09. The van der Waals surface area contributed by atoms with Gasteiger partial charge in [-0.2, -0.15) is 0 Å². The third-order valence-electron chi connectivity index (χ3n) is 4.83. The normalized spacial score (nSPS) is 26.6. The van der Waals surface area contributed by atoms with E-state index in [4.69, 9.17) is 11.6 Å². The summed E-state index contributed by atoms with van der Waals surface area (Å²) in [5.41, 5.74) is 2.59. The van der Waals surface area contributed by atoms with Crippen molar-refractivity contribution in [2.75, 3.05) is 0 Å². The molecule has 0 amide bonds. The molecule has 0 N–H and O–H groups in total. The SMILES string of the molecule is CCC([SiH2]C)C1CCC(c2ccc(Cl)cc2)CC1. The van der Waals surface area contributed by atoms with Crippen molar-refractivity contribution in [2.45, 2.75) is 57.0 Å². The van der Waals surface area contributed by atoms with E-state index in [1.165, 1.54) is 37.7 Å². The molecule has 1 aliphatic rings. The minimum atomic E-state index is 0.181. The Morgan fingerprint density at radius 2 is 1.78 bits per heavy atom. The summed E-state index contributed by atoms with van der Waals surface area (Å²) in [6.45, 7) is 4.87. The molecule has 0 spiro atoms. The predicted octanol–water partition coefficient (Wildman–Crippen LogP) is 5.03. The second-order valence-electron chi connectivity index (χ2n) is 5.74. The van der Waals surface area contributed by atoms with Crippen molar-refractivity contribution in [1.29, 1.82) is 0 Å². The maximum absolute atomic E-state index is 5.96. The number of hydrogen-bond acceptors (Lipinski definition) is 0. The molecule has 0 heterocycles. The summed E-state index contributed by atoms with van der Waals surface area (Å²) in [4.78, 5) is 0. The molecule has 0 radical (unpaired) electrons. The third kappa shape index (κ3) is 3.39. The van der Waals surface area contributed by atoms with Crippen LogP contribution in [0.3, 0.4) is 0 Å². The van der Waals surface area contributed by atoms with Crippen molar-refractivity contribution >= 4 is 21.1 Å². The maximum Gasteiger partial charge on any atom is 0.0406 e. The van der Waals surface area contributed by atoms with Crippen LogP contribution in [-0.4, -0.2) is 9.52 Å². The van der Waals surface area contributed by atoms with Gasteiger partial charge in [0.05, 0.1) is 0 Å². The minimum Gasteiger partial charge on any atom is -0.0843 e. The van der Waals surface area contributed by atoms with E-state index in [9.17, 15) is 0 Å². The van der Waals surface area contributed by atoms with E-state index in [0.29, 0.717) is 0 Å². The molecule has 2 rings (SSSR count). The monoisotopic (exact) mass is 280 g/mol. The lowest BCUT2D eigenvalue weighted by Gasteiger charge is -2.33.